The van der Waals surface area contributed by atoms with Crippen LogP contribution < -0.4 is 22.1 Å². The minimum atomic E-state index is -4.86. The third kappa shape index (κ3) is 7.99. The zero-order valence-electron chi connectivity index (χ0n) is 37.5. The van der Waals surface area contributed by atoms with Gasteiger partial charge in [-0.2, -0.15) is 0 Å². The lowest BCUT2D eigenvalue weighted by molar-refractivity contribution is -0.169. The Kier molecular flexibility index (Phi) is 13.1. The minimum absolute atomic E-state index is 0.0618. The first-order chi connectivity index (χ1) is 30.8. The van der Waals surface area contributed by atoms with E-state index in [1.165, 1.54) is 0 Å². The third-order valence-electron chi connectivity index (χ3n) is 16.9. The van der Waals surface area contributed by atoms with Crippen LogP contribution in [0.15, 0.2) is 60.7 Å². The molecule has 6 fully saturated rings. The molecule has 0 aromatic heterocycles. The molecule has 0 radical (unpaired) electrons. The summed E-state index contributed by atoms with van der Waals surface area (Å²) < 4.78 is 81.4. The van der Waals surface area contributed by atoms with Gasteiger partial charge in [-0.05, 0) is 84.2 Å². The van der Waals surface area contributed by atoms with Crippen molar-refractivity contribution in [2.24, 2.45) is 56.8 Å². The number of nitrogens with two attached hydrogens (primary N) is 2. The number of benzene rings is 2. The van der Waals surface area contributed by atoms with Crippen LogP contribution in [0.4, 0.5) is 0 Å². The van der Waals surface area contributed by atoms with Gasteiger partial charge < -0.3 is 35.3 Å². The lowest BCUT2D eigenvalue weighted by Crippen LogP contribution is -2.66. The van der Waals surface area contributed by atoms with E-state index in [1.54, 1.807) is 60.7 Å². The van der Waals surface area contributed by atoms with E-state index in [9.17, 15) is 19.2 Å². The molecule has 2 aromatic rings. The molecule has 19 heteroatoms. The Morgan fingerprint density at radius 1 is 0.677 bits per heavy atom. The number of primary amides is 2. The number of nitrogens with zero attached hydrogens (tertiary/aromatic N) is 2. The zero-order chi connectivity index (χ0) is 46.7. The number of hydrogen-bond donors (Lipinski definition) is 4. The van der Waals surface area contributed by atoms with Crippen molar-refractivity contribution in [2.45, 2.75) is 116 Å². The fourth-order valence-electron chi connectivity index (χ4n) is 13.7. The second-order valence-corrected chi connectivity index (χ2v) is 24.0. The first-order valence-corrected chi connectivity index (χ1v) is 25.9. The number of amides is 2. The van der Waals surface area contributed by atoms with Gasteiger partial charge in [0, 0.05) is 37.1 Å². The topological polar surface area (TPSA) is 247 Å². The molecule has 3 unspecified atom stereocenters. The summed E-state index contributed by atoms with van der Waals surface area (Å²) in [7, 11) is -9.73. The molecule has 12 atom stereocenters. The third-order valence-corrected chi connectivity index (χ3v) is 20.8. The van der Waals surface area contributed by atoms with Gasteiger partial charge in [0.2, 0.25) is 32.5 Å². The summed E-state index contributed by atoms with van der Waals surface area (Å²) in [4.78, 5) is 54.5. The predicted octanol–water partition coefficient (Wildman–Crippen LogP) is 2.20. The maximum absolute atomic E-state index is 15.4. The summed E-state index contributed by atoms with van der Waals surface area (Å²) in [6.07, 6.45) is -4.97. The van der Waals surface area contributed by atoms with Gasteiger partial charge in [-0.25, -0.2) is 16.8 Å². The number of hydrogen-bond acceptors (Lipinski definition) is 13. The molecule has 2 saturated heterocycles. The van der Waals surface area contributed by atoms with Gasteiger partial charge in [-0.1, -0.05) is 88.4 Å². The van der Waals surface area contributed by atoms with E-state index in [0.717, 1.165) is 25.7 Å². The molecular formula is C46H64N6O11S2. The second kappa shape index (κ2) is 17.8. The highest BCUT2D eigenvalue weighted by atomic mass is 32.2. The summed E-state index contributed by atoms with van der Waals surface area (Å²) in [6.45, 7) is 8.87. The molecule has 6 N–H and O–H groups in total. The van der Waals surface area contributed by atoms with Crippen LogP contribution >= 0.6 is 0 Å². The van der Waals surface area contributed by atoms with E-state index >= 15 is 16.8 Å². The largest absolute Gasteiger partial charge is 0.377 e. The van der Waals surface area contributed by atoms with Gasteiger partial charge in [-0.3, -0.25) is 20.2 Å². The number of rotatable bonds is 22. The van der Waals surface area contributed by atoms with E-state index in [1.807, 2.05) is 27.7 Å². The van der Waals surface area contributed by atoms with E-state index < -0.39 is 102 Å². The molecular weight excluding hydrogens is 877 g/mol. The minimum Gasteiger partial charge on any atom is -0.377 e. The van der Waals surface area contributed by atoms with Crippen LogP contribution in [0.5, 0.6) is 0 Å². The van der Waals surface area contributed by atoms with Crippen LogP contribution in [-0.2, 0) is 66.5 Å². The van der Waals surface area contributed by atoms with Crippen LogP contribution in [0.3, 0.4) is 0 Å². The lowest BCUT2D eigenvalue weighted by atomic mass is 9.69. The Labute approximate surface area is 382 Å². The molecule has 4 bridgehead atoms. The van der Waals surface area contributed by atoms with Gasteiger partial charge in [0.25, 0.3) is 11.8 Å². The standard InChI is InChI=1S/C46H64N6O11S2/c1-43(2)33-15-19-45(43,37-31(33)17-21-61-37)27-64(57,58)51(35(25-53)49-23-29-11-7-5-8-12-29)41(39(47)55)63-42(40(48)56)52(36(26-54)50-24-30-13-9-6-10-14-30)65(59,60)28-46-20-16-34(44(46,3)4)32-18-22-62-38(32)46/h5-14,25-26,31-38,41-42,49-50H,15-24,27-28H2,1-4H3,(H2,47,55)(H2,48,56)/t31-,32+,33-,34?,35?,36?,37-,38+,41-,42-,45+,46+/m1/s1. The number of nitrogens with one attached hydrogen (secondary N) is 2. The summed E-state index contributed by atoms with van der Waals surface area (Å²) in [6, 6.07) is 17.6. The van der Waals surface area contributed by atoms with Crippen molar-refractivity contribution in [3.05, 3.63) is 71.8 Å². The quantitative estimate of drug-likeness (QED) is 0.0979. The Bertz CT molecular complexity index is 2180. The predicted molar refractivity (Wildman–Crippen MR) is 238 cm³/mol. The summed E-state index contributed by atoms with van der Waals surface area (Å²) in [5, 5.41) is 5.84. The Morgan fingerprint density at radius 2 is 1.05 bits per heavy atom. The number of ether oxygens (including phenoxy) is 3. The summed E-state index contributed by atoms with van der Waals surface area (Å²) in [5.41, 5.74) is 10.4. The van der Waals surface area contributed by atoms with Gasteiger partial charge >= 0.3 is 0 Å². The maximum Gasteiger partial charge on any atom is 0.263 e. The van der Waals surface area contributed by atoms with Crippen LogP contribution in [0.1, 0.15) is 77.3 Å². The average molecular weight is 941 g/mol. The van der Waals surface area contributed by atoms with Gasteiger partial charge in [-0.15, -0.1) is 8.61 Å². The molecule has 0 spiro atoms. The molecule has 17 nitrogen and oxygen atoms in total. The molecule has 4 aliphatic carbocycles. The van der Waals surface area contributed by atoms with E-state index in [-0.39, 0.29) is 49.3 Å². The number of aldehydes is 2. The van der Waals surface area contributed by atoms with Gasteiger partial charge in [0.1, 0.15) is 12.3 Å². The highest BCUT2D eigenvalue weighted by molar-refractivity contribution is 7.89. The first-order valence-electron chi connectivity index (χ1n) is 22.7. The van der Waals surface area contributed by atoms with E-state index in [4.69, 9.17) is 25.7 Å². The molecule has 4 saturated carbocycles. The molecule has 2 heterocycles. The molecule has 65 heavy (non-hydrogen) atoms. The molecule has 6 aliphatic rings. The molecule has 2 aliphatic heterocycles. The molecule has 356 valence electrons. The van der Waals surface area contributed by atoms with Gasteiger partial charge in [0.15, 0.2) is 12.6 Å². The fraction of sp³-hybridized carbons (Fsp3) is 0.652. The highest BCUT2D eigenvalue weighted by Gasteiger charge is 2.73. The van der Waals surface area contributed by atoms with Crippen molar-refractivity contribution in [3.8, 4) is 0 Å². The Balaban J connectivity index is 1.21. The summed E-state index contributed by atoms with van der Waals surface area (Å²) in [5.74, 6) is -3.58. The Hall–Kier alpha value is -3.66. The maximum atomic E-state index is 15.4. The van der Waals surface area contributed by atoms with Crippen molar-refractivity contribution >= 4 is 44.4 Å². The van der Waals surface area contributed by atoms with Crippen LogP contribution in [0.25, 0.3) is 0 Å². The zero-order valence-corrected chi connectivity index (χ0v) is 39.2. The number of carbonyl (C=O) groups is 4. The molecule has 8 rings (SSSR count). The fourth-order valence-corrected chi connectivity index (χ4v) is 18.5. The van der Waals surface area contributed by atoms with Crippen LogP contribution in [-0.4, -0.2) is 112 Å². The smallest absolute Gasteiger partial charge is 0.263 e. The number of fused-ring (bicyclic) bond motifs is 10. The van der Waals surface area contributed by atoms with Crippen LogP contribution in [0, 0.1) is 45.3 Å². The first kappa shape index (κ1) is 47.8. The van der Waals surface area contributed by atoms with Crippen molar-refractivity contribution in [2.75, 3.05) is 24.7 Å². The van der Waals surface area contributed by atoms with Crippen molar-refractivity contribution in [3.63, 3.8) is 0 Å². The summed E-state index contributed by atoms with van der Waals surface area (Å²) >= 11 is 0. The number of carbonyl (C=O) groups excluding carboxylic acids is 4. The normalized spacial score (nSPS) is 32.5. The average Bonchev–Trinajstić information content (AvgIpc) is 4.09. The lowest BCUT2D eigenvalue weighted by Gasteiger charge is -2.45. The van der Waals surface area contributed by atoms with Crippen molar-refractivity contribution < 1.29 is 50.2 Å². The van der Waals surface area contributed by atoms with Crippen molar-refractivity contribution in [1.82, 2.24) is 19.2 Å². The monoisotopic (exact) mass is 940 g/mol. The van der Waals surface area contributed by atoms with Gasteiger partial charge in [0.05, 0.1) is 23.7 Å². The van der Waals surface area contributed by atoms with Crippen LogP contribution in [0.2, 0.25) is 0 Å². The van der Waals surface area contributed by atoms with E-state index in [2.05, 4.69) is 10.6 Å². The highest BCUT2D eigenvalue weighted by Crippen LogP contribution is 2.72. The Morgan fingerprint density at radius 3 is 1.38 bits per heavy atom. The van der Waals surface area contributed by atoms with E-state index in [0.29, 0.717) is 45.8 Å². The molecule has 2 aromatic carbocycles. The van der Waals surface area contributed by atoms with Crippen molar-refractivity contribution in [1.29, 1.82) is 0 Å². The SMILES string of the molecule is CC1(C)C2CC[C@]1(CS(=O)(=O)N(C(C=O)NCc1ccccc1)[C@H](O[C@H](C(N)=O)N(C(C=O)NCc1ccccc1)S(=O)(=O)C[C@@]13CC[C@H]([C@H]4CCO[C@H]41)C3(C)C)C(N)=O)[C@H]1OCC[C@@H]21. The second-order valence-electron chi connectivity index (χ2n) is 20.2. The number of sulfonamides is 2. The molecule has 2 amide bonds.